The molecular weight excluding hydrogens is 330 g/mol. The van der Waals surface area contributed by atoms with Crippen LogP contribution >= 0.6 is 11.3 Å². The Hall–Kier alpha value is -2.87. The highest BCUT2D eigenvalue weighted by Crippen LogP contribution is 2.30. The van der Waals surface area contributed by atoms with E-state index >= 15 is 0 Å². The fraction of sp³-hybridized carbons (Fsp3) is 0.188. The van der Waals surface area contributed by atoms with Gasteiger partial charge >= 0.3 is 0 Å². The Morgan fingerprint density at radius 1 is 1.25 bits per heavy atom. The number of hydrogen-bond acceptors (Lipinski definition) is 7. The first-order valence-electron chi connectivity index (χ1n) is 7.08. The minimum absolute atomic E-state index is 0.123. The van der Waals surface area contributed by atoms with Gasteiger partial charge in [0.15, 0.2) is 11.5 Å². The Morgan fingerprint density at radius 2 is 2.12 bits per heavy atom. The SMILES string of the molecule is COc1cccc(C(=O)NCc2nc(-c3cccs3)no2)c1OC. The van der Waals surface area contributed by atoms with Crippen LogP contribution in [0.2, 0.25) is 0 Å². The molecule has 0 aliphatic rings. The molecule has 7 nitrogen and oxygen atoms in total. The molecule has 1 aromatic carbocycles. The van der Waals surface area contributed by atoms with Crippen molar-refractivity contribution in [2.75, 3.05) is 14.2 Å². The van der Waals surface area contributed by atoms with Crippen molar-refractivity contribution in [3.63, 3.8) is 0 Å². The summed E-state index contributed by atoms with van der Waals surface area (Å²) >= 11 is 1.52. The number of hydrogen-bond donors (Lipinski definition) is 1. The highest BCUT2D eigenvalue weighted by molar-refractivity contribution is 7.13. The number of carbonyl (C=O) groups excluding carboxylic acids is 1. The van der Waals surface area contributed by atoms with E-state index in [4.69, 9.17) is 14.0 Å². The van der Waals surface area contributed by atoms with Gasteiger partial charge in [-0.3, -0.25) is 4.79 Å². The number of amides is 1. The Labute approximate surface area is 142 Å². The second-order valence-corrected chi connectivity index (χ2v) is 5.66. The van der Waals surface area contributed by atoms with Crippen LogP contribution in [0.1, 0.15) is 16.2 Å². The smallest absolute Gasteiger partial charge is 0.255 e. The fourth-order valence-electron chi connectivity index (χ4n) is 2.15. The summed E-state index contributed by atoms with van der Waals surface area (Å²) in [5.41, 5.74) is 0.370. The summed E-state index contributed by atoms with van der Waals surface area (Å²) in [6.07, 6.45) is 0. The number of methoxy groups -OCH3 is 2. The number of carbonyl (C=O) groups is 1. The van der Waals surface area contributed by atoms with Gasteiger partial charge < -0.3 is 19.3 Å². The normalized spacial score (nSPS) is 10.4. The fourth-order valence-corrected chi connectivity index (χ4v) is 2.80. The molecule has 124 valence electrons. The van der Waals surface area contributed by atoms with Crippen LogP contribution < -0.4 is 14.8 Å². The lowest BCUT2D eigenvalue weighted by Crippen LogP contribution is -2.23. The molecule has 2 aromatic heterocycles. The van der Waals surface area contributed by atoms with Gasteiger partial charge in [-0.15, -0.1) is 11.3 Å². The van der Waals surface area contributed by atoms with Crippen molar-refractivity contribution >= 4 is 17.2 Å². The summed E-state index contributed by atoms with van der Waals surface area (Å²) in [6.45, 7) is 0.123. The predicted octanol–water partition coefficient (Wildman–Crippen LogP) is 2.75. The van der Waals surface area contributed by atoms with Gasteiger partial charge in [0.25, 0.3) is 5.91 Å². The van der Waals surface area contributed by atoms with Crippen LogP contribution in [0, 0.1) is 0 Å². The third-order valence-corrected chi connectivity index (χ3v) is 4.12. The minimum Gasteiger partial charge on any atom is -0.493 e. The van der Waals surface area contributed by atoms with Crippen LogP contribution in [0.25, 0.3) is 10.7 Å². The van der Waals surface area contributed by atoms with Crippen molar-refractivity contribution < 1.29 is 18.8 Å². The van der Waals surface area contributed by atoms with E-state index in [1.807, 2.05) is 17.5 Å². The van der Waals surface area contributed by atoms with Gasteiger partial charge in [0.05, 0.1) is 31.2 Å². The van der Waals surface area contributed by atoms with E-state index in [1.165, 1.54) is 25.6 Å². The zero-order valence-corrected chi connectivity index (χ0v) is 13.9. The summed E-state index contributed by atoms with van der Waals surface area (Å²) in [4.78, 5) is 17.5. The Balaban J connectivity index is 1.70. The van der Waals surface area contributed by atoms with Crippen molar-refractivity contribution in [3.05, 3.63) is 47.2 Å². The van der Waals surface area contributed by atoms with Gasteiger partial charge in [-0.25, -0.2) is 0 Å². The molecule has 1 N–H and O–H groups in total. The van der Waals surface area contributed by atoms with Crippen LogP contribution in [-0.4, -0.2) is 30.3 Å². The van der Waals surface area contributed by atoms with E-state index in [1.54, 1.807) is 18.2 Å². The maximum atomic E-state index is 12.4. The number of nitrogens with zero attached hydrogens (tertiary/aromatic N) is 2. The molecule has 0 fully saturated rings. The van der Waals surface area contributed by atoms with Crippen molar-refractivity contribution in [2.24, 2.45) is 0 Å². The van der Waals surface area contributed by atoms with E-state index in [0.717, 1.165) is 4.88 Å². The van der Waals surface area contributed by atoms with Crippen LogP contribution in [0.3, 0.4) is 0 Å². The lowest BCUT2D eigenvalue weighted by atomic mass is 10.1. The molecule has 0 atom stereocenters. The van der Waals surface area contributed by atoms with Gasteiger partial charge in [-0.05, 0) is 23.6 Å². The van der Waals surface area contributed by atoms with Gasteiger partial charge in [0, 0.05) is 0 Å². The van der Waals surface area contributed by atoms with Crippen LogP contribution in [-0.2, 0) is 6.54 Å². The van der Waals surface area contributed by atoms with Crippen molar-refractivity contribution in [1.82, 2.24) is 15.5 Å². The zero-order valence-electron chi connectivity index (χ0n) is 13.1. The average Bonchev–Trinajstić information content (AvgIpc) is 3.29. The minimum atomic E-state index is -0.318. The van der Waals surface area contributed by atoms with E-state index < -0.39 is 0 Å². The first-order chi connectivity index (χ1) is 11.7. The predicted molar refractivity (Wildman–Crippen MR) is 88.3 cm³/mol. The van der Waals surface area contributed by atoms with Gasteiger partial charge in [-0.1, -0.05) is 17.3 Å². The molecule has 8 heteroatoms. The van der Waals surface area contributed by atoms with E-state index in [0.29, 0.717) is 28.8 Å². The summed E-state index contributed by atoms with van der Waals surface area (Å²) in [6, 6.07) is 8.91. The lowest BCUT2D eigenvalue weighted by molar-refractivity contribution is 0.0942. The third-order valence-electron chi connectivity index (χ3n) is 3.26. The first kappa shape index (κ1) is 16.0. The Kier molecular flexibility index (Phi) is 4.76. The molecule has 2 heterocycles. The van der Waals surface area contributed by atoms with Gasteiger partial charge in [0.2, 0.25) is 11.7 Å². The van der Waals surface area contributed by atoms with Crippen molar-refractivity contribution in [1.29, 1.82) is 0 Å². The summed E-state index contributed by atoms with van der Waals surface area (Å²) in [5, 5.41) is 8.56. The molecule has 0 aliphatic heterocycles. The second-order valence-electron chi connectivity index (χ2n) is 4.71. The molecule has 24 heavy (non-hydrogen) atoms. The standard InChI is InChI=1S/C16H15N3O4S/c1-21-11-6-3-5-10(14(11)22-2)16(20)17-9-13-18-15(19-23-13)12-7-4-8-24-12/h3-8H,9H2,1-2H3,(H,17,20). The summed E-state index contributed by atoms with van der Waals surface area (Å²) in [7, 11) is 3.00. The molecule has 0 unspecified atom stereocenters. The average molecular weight is 345 g/mol. The molecule has 0 saturated carbocycles. The number of benzene rings is 1. The molecule has 0 aliphatic carbocycles. The van der Waals surface area contributed by atoms with Crippen LogP contribution in [0.15, 0.2) is 40.2 Å². The van der Waals surface area contributed by atoms with Crippen LogP contribution in [0.4, 0.5) is 0 Å². The van der Waals surface area contributed by atoms with Crippen molar-refractivity contribution in [3.8, 4) is 22.2 Å². The molecule has 0 saturated heterocycles. The molecule has 0 radical (unpaired) electrons. The largest absolute Gasteiger partial charge is 0.493 e. The Morgan fingerprint density at radius 3 is 2.83 bits per heavy atom. The van der Waals surface area contributed by atoms with E-state index in [-0.39, 0.29) is 12.5 Å². The zero-order chi connectivity index (χ0) is 16.9. The van der Waals surface area contributed by atoms with Crippen molar-refractivity contribution in [2.45, 2.75) is 6.54 Å². The highest BCUT2D eigenvalue weighted by Gasteiger charge is 2.17. The number of rotatable bonds is 6. The van der Waals surface area contributed by atoms with E-state index in [9.17, 15) is 4.79 Å². The summed E-state index contributed by atoms with van der Waals surface area (Å²) in [5.74, 6) is 1.38. The maximum Gasteiger partial charge on any atom is 0.255 e. The number of ether oxygens (including phenoxy) is 2. The maximum absolute atomic E-state index is 12.4. The molecule has 0 spiro atoms. The topological polar surface area (TPSA) is 86.5 Å². The highest BCUT2D eigenvalue weighted by atomic mass is 32.1. The lowest BCUT2D eigenvalue weighted by Gasteiger charge is -2.11. The monoisotopic (exact) mass is 345 g/mol. The Bertz CT molecular complexity index is 830. The van der Waals surface area contributed by atoms with E-state index in [2.05, 4.69) is 15.5 Å². The number of thiophene rings is 1. The molecular formula is C16H15N3O4S. The third kappa shape index (κ3) is 3.23. The number of aromatic nitrogens is 2. The van der Waals surface area contributed by atoms with Gasteiger partial charge in [-0.2, -0.15) is 4.98 Å². The van der Waals surface area contributed by atoms with Crippen LogP contribution in [0.5, 0.6) is 11.5 Å². The summed E-state index contributed by atoms with van der Waals surface area (Å²) < 4.78 is 15.6. The molecule has 3 rings (SSSR count). The second kappa shape index (κ2) is 7.14. The first-order valence-corrected chi connectivity index (χ1v) is 7.96. The van der Waals surface area contributed by atoms with Gasteiger partial charge in [0.1, 0.15) is 0 Å². The molecule has 1 amide bonds. The number of nitrogens with one attached hydrogen (secondary N) is 1. The number of para-hydroxylation sites is 1. The molecule has 0 bridgehead atoms. The molecule has 3 aromatic rings. The quantitative estimate of drug-likeness (QED) is 0.739.